The van der Waals surface area contributed by atoms with Crippen LogP contribution >= 0.6 is 11.3 Å². The van der Waals surface area contributed by atoms with Crippen molar-refractivity contribution in [3.63, 3.8) is 0 Å². The van der Waals surface area contributed by atoms with E-state index in [4.69, 9.17) is 0 Å². The Bertz CT molecular complexity index is 982. The molecule has 11 heteroatoms. The van der Waals surface area contributed by atoms with Gasteiger partial charge in [0.25, 0.3) is 0 Å². The number of hydrogen-bond acceptors (Lipinski definition) is 8. The third-order valence-electron chi connectivity index (χ3n) is 3.20. The Balaban J connectivity index is 1.74. The second-order valence-corrected chi connectivity index (χ2v) is 7.44. The van der Waals surface area contributed by atoms with E-state index in [-0.39, 0.29) is 16.3 Å². The predicted octanol–water partition coefficient (Wildman–Crippen LogP) is 0.989. The molecule has 0 spiro atoms. The fourth-order valence-electron chi connectivity index (χ4n) is 2.00. The van der Waals surface area contributed by atoms with Crippen LogP contribution in [-0.4, -0.2) is 41.5 Å². The highest BCUT2D eigenvalue weighted by molar-refractivity contribution is 7.89. The first-order chi connectivity index (χ1) is 12.0. The van der Waals surface area contributed by atoms with Crippen LogP contribution in [-0.2, 0) is 21.3 Å². The SMILES string of the molecule is COC(=O)c1sccc1S(=O)(=O)NCc1cn(-c2ccncc2)nn1. The van der Waals surface area contributed by atoms with Gasteiger partial charge >= 0.3 is 5.97 Å². The molecule has 0 saturated carbocycles. The number of hydrogen-bond donors (Lipinski definition) is 1. The maximum absolute atomic E-state index is 12.4. The van der Waals surface area contributed by atoms with Crippen LogP contribution < -0.4 is 4.72 Å². The molecule has 0 amide bonds. The fourth-order valence-corrected chi connectivity index (χ4v) is 4.33. The van der Waals surface area contributed by atoms with Gasteiger partial charge in [0.1, 0.15) is 9.77 Å². The Hall–Kier alpha value is -2.63. The van der Waals surface area contributed by atoms with Crippen LogP contribution in [0, 0.1) is 0 Å². The number of methoxy groups -OCH3 is 1. The molecule has 9 nitrogen and oxygen atoms in total. The number of sulfonamides is 1. The zero-order valence-corrected chi connectivity index (χ0v) is 14.6. The standard InChI is InChI=1S/C14H13N5O4S2/c1-23-14(20)13-12(4-7-24-13)25(21,22)16-8-10-9-19(18-17-10)11-2-5-15-6-3-11/h2-7,9,16H,8H2,1H3. The van der Waals surface area contributed by atoms with Crippen molar-refractivity contribution in [2.24, 2.45) is 0 Å². The minimum atomic E-state index is -3.88. The number of nitrogens with one attached hydrogen (secondary N) is 1. The van der Waals surface area contributed by atoms with Crippen molar-refractivity contribution in [1.82, 2.24) is 24.7 Å². The summed E-state index contributed by atoms with van der Waals surface area (Å²) in [5.41, 5.74) is 1.18. The van der Waals surface area contributed by atoms with Crippen molar-refractivity contribution in [2.45, 2.75) is 11.4 Å². The van der Waals surface area contributed by atoms with Gasteiger partial charge < -0.3 is 4.74 Å². The van der Waals surface area contributed by atoms with Gasteiger partial charge in [-0.1, -0.05) is 5.21 Å². The zero-order chi connectivity index (χ0) is 17.9. The number of aromatic nitrogens is 4. The third kappa shape index (κ3) is 3.73. The summed E-state index contributed by atoms with van der Waals surface area (Å²) >= 11 is 1.00. The second kappa shape index (κ2) is 7.09. The zero-order valence-electron chi connectivity index (χ0n) is 13.0. The largest absolute Gasteiger partial charge is 0.465 e. The molecule has 0 atom stereocenters. The highest BCUT2D eigenvalue weighted by Crippen LogP contribution is 2.22. The number of esters is 1. The first-order valence-electron chi connectivity index (χ1n) is 6.98. The van der Waals surface area contributed by atoms with Gasteiger partial charge in [-0.25, -0.2) is 22.6 Å². The molecular weight excluding hydrogens is 366 g/mol. The summed E-state index contributed by atoms with van der Waals surface area (Å²) in [7, 11) is -2.69. The van der Waals surface area contributed by atoms with Crippen molar-refractivity contribution in [2.75, 3.05) is 7.11 Å². The van der Waals surface area contributed by atoms with E-state index >= 15 is 0 Å². The molecule has 3 heterocycles. The maximum Gasteiger partial charge on any atom is 0.349 e. The molecule has 130 valence electrons. The predicted molar refractivity (Wildman–Crippen MR) is 88.8 cm³/mol. The number of rotatable bonds is 6. The van der Waals surface area contributed by atoms with E-state index in [0.717, 1.165) is 17.0 Å². The molecule has 0 bridgehead atoms. The average molecular weight is 379 g/mol. The summed E-state index contributed by atoms with van der Waals surface area (Å²) in [6, 6.07) is 4.85. The molecule has 0 aromatic carbocycles. The van der Waals surface area contributed by atoms with E-state index in [0.29, 0.717) is 5.69 Å². The normalized spacial score (nSPS) is 11.4. The number of thiophene rings is 1. The minimum absolute atomic E-state index is 0.0236. The fraction of sp³-hybridized carbons (Fsp3) is 0.143. The van der Waals surface area contributed by atoms with E-state index in [2.05, 4.69) is 24.8 Å². The summed E-state index contributed by atoms with van der Waals surface area (Å²) < 4.78 is 33.3. The number of carbonyl (C=O) groups is 1. The molecule has 25 heavy (non-hydrogen) atoms. The Morgan fingerprint density at radius 3 is 2.80 bits per heavy atom. The van der Waals surface area contributed by atoms with Crippen molar-refractivity contribution in [3.05, 3.63) is 52.7 Å². The first-order valence-corrected chi connectivity index (χ1v) is 9.34. The lowest BCUT2D eigenvalue weighted by atomic mass is 10.4. The van der Waals surface area contributed by atoms with Crippen LogP contribution in [0.25, 0.3) is 5.69 Å². The number of ether oxygens (including phenoxy) is 1. The lowest BCUT2D eigenvalue weighted by Crippen LogP contribution is -2.24. The van der Waals surface area contributed by atoms with Crippen LogP contribution in [0.4, 0.5) is 0 Å². The quantitative estimate of drug-likeness (QED) is 0.635. The van der Waals surface area contributed by atoms with Gasteiger partial charge in [-0.05, 0) is 23.6 Å². The smallest absolute Gasteiger partial charge is 0.349 e. The molecule has 0 unspecified atom stereocenters. The molecule has 0 fully saturated rings. The number of carbonyl (C=O) groups excluding carboxylic acids is 1. The van der Waals surface area contributed by atoms with E-state index in [1.54, 1.807) is 30.7 Å². The highest BCUT2D eigenvalue weighted by atomic mass is 32.2. The van der Waals surface area contributed by atoms with Crippen LogP contribution in [0.15, 0.2) is 47.1 Å². The summed E-state index contributed by atoms with van der Waals surface area (Å²) in [6.45, 7) is -0.0656. The number of pyridine rings is 1. The van der Waals surface area contributed by atoms with Crippen LogP contribution in [0.2, 0.25) is 0 Å². The molecule has 3 aromatic heterocycles. The van der Waals surface area contributed by atoms with Crippen LogP contribution in [0.1, 0.15) is 15.4 Å². The maximum atomic E-state index is 12.4. The van der Waals surface area contributed by atoms with Gasteiger partial charge in [-0.3, -0.25) is 4.98 Å². The third-order valence-corrected chi connectivity index (χ3v) is 5.67. The highest BCUT2D eigenvalue weighted by Gasteiger charge is 2.24. The van der Waals surface area contributed by atoms with E-state index < -0.39 is 16.0 Å². The Morgan fingerprint density at radius 2 is 2.08 bits per heavy atom. The molecule has 3 rings (SSSR count). The topological polar surface area (TPSA) is 116 Å². The van der Waals surface area contributed by atoms with Crippen molar-refractivity contribution in [1.29, 1.82) is 0 Å². The number of nitrogens with zero attached hydrogens (tertiary/aromatic N) is 4. The molecule has 0 radical (unpaired) electrons. The summed E-state index contributed by atoms with van der Waals surface area (Å²) in [4.78, 5) is 15.5. The van der Waals surface area contributed by atoms with Gasteiger partial charge in [-0.2, -0.15) is 0 Å². The van der Waals surface area contributed by atoms with Gasteiger partial charge in [0.15, 0.2) is 0 Å². The van der Waals surface area contributed by atoms with Crippen molar-refractivity contribution in [3.8, 4) is 5.69 Å². The van der Waals surface area contributed by atoms with Gasteiger partial charge in [0.2, 0.25) is 10.0 Å². The van der Waals surface area contributed by atoms with Crippen molar-refractivity contribution < 1.29 is 17.9 Å². The second-order valence-electron chi connectivity index (χ2n) is 4.79. The average Bonchev–Trinajstić information content (AvgIpc) is 3.30. The molecular formula is C14H13N5O4S2. The first kappa shape index (κ1) is 17.2. The van der Waals surface area contributed by atoms with E-state index in [1.807, 2.05) is 0 Å². The van der Waals surface area contributed by atoms with E-state index in [1.165, 1.54) is 23.2 Å². The lowest BCUT2D eigenvalue weighted by Gasteiger charge is -2.05. The molecule has 0 aliphatic rings. The summed E-state index contributed by atoms with van der Waals surface area (Å²) in [6.07, 6.45) is 4.83. The van der Waals surface area contributed by atoms with Gasteiger partial charge in [0, 0.05) is 12.4 Å². The molecule has 0 aliphatic carbocycles. The van der Waals surface area contributed by atoms with Gasteiger partial charge in [-0.15, -0.1) is 16.4 Å². The molecule has 1 N–H and O–H groups in total. The van der Waals surface area contributed by atoms with Crippen LogP contribution in [0.3, 0.4) is 0 Å². The Morgan fingerprint density at radius 1 is 1.32 bits per heavy atom. The Labute approximate surface area is 147 Å². The van der Waals surface area contributed by atoms with E-state index in [9.17, 15) is 13.2 Å². The molecule has 0 saturated heterocycles. The Kier molecular flexibility index (Phi) is 4.88. The van der Waals surface area contributed by atoms with Crippen molar-refractivity contribution >= 4 is 27.3 Å². The summed E-state index contributed by atoms with van der Waals surface area (Å²) in [5, 5.41) is 9.38. The minimum Gasteiger partial charge on any atom is -0.465 e. The monoisotopic (exact) mass is 379 g/mol. The summed E-state index contributed by atoms with van der Waals surface area (Å²) in [5.74, 6) is -0.695. The lowest BCUT2D eigenvalue weighted by molar-refractivity contribution is 0.0602. The molecule has 3 aromatic rings. The molecule has 0 aliphatic heterocycles. The van der Waals surface area contributed by atoms with Crippen LogP contribution in [0.5, 0.6) is 0 Å². The van der Waals surface area contributed by atoms with Gasteiger partial charge in [0.05, 0.1) is 31.2 Å².